The first-order valence-corrected chi connectivity index (χ1v) is 11.5. The highest BCUT2D eigenvalue weighted by Crippen LogP contribution is 2.40. The molecule has 0 aliphatic heterocycles. The second-order valence-electron chi connectivity index (χ2n) is 7.21. The van der Waals surface area contributed by atoms with E-state index in [1.54, 1.807) is 0 Å². The summed E-state index contributed by atoms with van der Waals surface area (Å²) in [5, 5.41) is 1.24. The molecule has 2 rings (SSSR count). The van der Waals surface area contributed by atoms with Crippen molar-refractivity contribution in [2.45, 2.75) is 85.5 Å². The van der Waals surface area contributed by atoms with Gasteiger partial charge in [-0.2, -0.15) is 0 Å². The molecule has 136 valence electrons. The average molecular weight is 391 g/mol. The van der Waals surface area contributed by atoms with Gasteiger partial charge in [0.1, 0.15) is 0 Å². The van der Waals surface area contributed by atoms with Gasteiger partial charge in [0, 0.05) is 30.1 Å². The predicted molar refractivity (Wildman–Crippen MR) is 118 cm³/mol. The fourth-order valence-electron chi connectivity index (χ4n) is 2.93. The lowest BCUT2D eigenvalue weighted by molar-refractivity contribution is 1.09. The van der Waals surface area contributed by atoms with Crippen LogP contribution in [0.4, 0.5) is 0 Å². The van der Waals surface area contributed by atoms with Crippen molar-refractivity contribution in [2.24, 2.45) is 0 Å². The highest BCUT2D eigenvalue weighted by molar-refractivity contribution is 8.00. The van der Waals surface area contributed by atoms with Crippen molar-refractivity contribution in [1.82, 2.24) is 0 Å². The molecule has 0 saturated carbocycles. The van der Waals surface area contributed by atoms with Gasteiger partial charge in [0.25, 0.3) is 0 Å². The Hall–Kier alpha value is -0.510. The van der Waals surface area contributed by atoms with E-state index in [2.05, 4.69) is 79.7 Å². The van der Waals surface area contributed by atoms with Crippen molar-refractivity contribution in [3.63, 3.8) is 0 Å². The van der Waals surface area contributed by atoms with Crippen LogP contribution in [0.5, 0.6) is 0 Å². The minimum absolute atomic E-state index is 0.618. The standard InChI is InChI=1S/C22H30S3/c1-13(2)23-19-9-15(5)21(16(6)10-19)25-22-17(7)11-20(12-18(22)8)24-14(3)4/h9-14H,1-8H3. The van der Waals surface area contributed by atoms with Crippen LogP contribution in [0, 0.1) is 27.7 Å². The number of aryl methyl sites for hydroxylation is 4. The molecule has 0 unspecified atom stereocenters. The summed E-state index contributed by atoms with van der Waals surface area (Å²) < 4.78 is 0. The molecule has 0 heterocycles. The molecule has 0 nitrogen and oxygen atoms in total. The summed E-state index contributed by atoms with van der Waals surface area (Å²) in [6, 6.07) is 9.36. The van der Waals surface area contributed by atoms with Gasteiger partial charge in [0.15, 0.2) is 0 Å². The van der Waals surface area contributed by atoms with Gasteiger partial charge in [0.05, 0.1) is 0 Å². The minimum Gasteiger partial charge on any atom is -0.123 e. The molecule has 0 N–H and O–H groups in total. The van der Waals surface area contributed by atoms with E-state index in [4.69, 9.17) is 0 Å². The molecule has 0 fully saturated rings. The van der Waals surface area contributed by atoms with Gasteiger partial charge >= 0.3 is 0 Å². The zero-order valence-corrected chi connectivity index (χ0v) is 19.1. The summed E-state index contributed by atoms with van der Waals surface area (Å²) in [5.74, 6) is 0. The lowest BCUT2D eigenvalue weighted by Gasteiger charge is -2.17. The molecular formula is C22H30S3. The van der Waals surface area contributed by atoms with Crippen molar-refractivity contribution in [3.8, 4) is 0 Å². The number of hydrogen-bond acceptors (Lipinski definition) is 3. The minimum atomic E-state index is 0.618. The molecule has 0 atom stereocenters. The monoisotopic (exact) mass is 390 g/mol. The summed E-state index contributed by atoms with van der Waals surface area (Å²) in [4.78, 5) is 5.57. The third-order valence-corrected chi connectivity index (χ3v) is 7.47. The van der Waals surface area contributed by atoms with Gasteiger partial charge in [-0.15, -0.1) is 23.5 Å². The van der Waals surface area contributed by atoms with E-state index in [0.717, 1.165) is 0 Å². The lowest BCUT2D eigenvalue weighted by atomic mass is 10.1. The molecule has 2 aromatic carbocycles. The molecule has 2 aromatic rings. The van der Waals surface area contributed by atoms with Crippen molar-refractivity contribution in [3.05, 3.63) is 46.5 Å². The van der Waals surface area contributed by atoms with Crippen LogP contribution in [0.25, 0.3) is 0 Å². The summed E-state index contributed by atoms with van der Waals surface area (Å²) in [6.07, 6.45) is 0. The molecule has 0 amide bonds. The Morgan fingerprint density at radius 3 is 1.08 bits per heavy atom. The van der Waals surface area contributed by atoms with Crippen LogP contribution in [-0.4, -0.2) is 10.5 Å². The fraction of sp³-hybridized carbons (Fsp3) is 0.455. The zero-order valence-electron chi connectivity index (χ0n) is 16.7. The summed E-state index contributed by atoms with van der Waals surface area (Å²) >= 11 is 5.82. The number of thioether (sulfide) groups is 2. The van der Waals surface area contributed by atoms with E-state index in [9.17, 15) is 0 Å². The maximum atomic E-state index is 2.34. The third-order valence-electron chi connectivity index (χ3n) is 3.82. The fourth-order valence-corrected chi connectivity index (χ4v) is 6.08. The normalized spacial score (nSPS) is 11.6. The molecule has 0 bridgehead atoms. The zero-order chi connectivity index (χ0) is 18.7. The first-order chi connectivity index (χ1) is 11.7. The van der Waals surface area contributed by atoms with Crippen LogP contribution in [-0.2, 0) is 0 Å². The predicted octanol–water partition coefficient (Wildman–Crippen LogP) is 8.07. The Morgan fingerprint density at radius 1 is 0.560 bits per heavy atom. The Morgan fingerprint density at radius 2 is 0.840 bits per heavy atom. The number of benzene rings is 2. The van der Waals surface area contributed by atoms with Crippen LogP contribution < -0.4 is 0 Å². The molecule has 3 heteroatoms. The van der Waals surface area contributed by atoms with E-state index >= 15 is 0 Å². The van der Waals surface area contributed by atoms with Crippen LogP contribution in [0.15, 0.2) is 43.8 Å². The highest BCUT2D eigenvalue weighted by atomic mass is 32.2. The third kappa shape index (κ3) is 5.74. The summed E-state index contributed by atoms with van der Waals surface area (Å²) in [5.41, 5.74) is 5.53. The van der Waals surface area contributed by atoms with Crippen molar-refractivity contribution in [2.75, 3.05) is 0 Å². The van der Waals surface area contributed by atoms with Gasteiger partial charge in [-0.1, -0.05) is 39.5 Å². The van der Waals surface area contributed by atoms with Crippen LogP contribution >= 0.6 is 35.3 Å². The van der Waals surface area contributed by atoms with Crippen molar-refractivity contribution in [1.29, 1.82) is 0 Å². The molecule has 0 aliphatic rings. The van der Waals surface area contributed by atoms with Crippen molar-refractivity contribution >= 4 is 35.3 Å². The van der Waals surface area contributed by atoms with Crippen LogP contribution in [0.2, 0.25) is 0 Å². The molecule has 25 heavy (non-hydrogen) atoms. The first-order valence-electron chi connectivity index (χ1n) is 8.91. The Kier molecular flexibility index (Phi) is 7.42. The van der Waals surface area contributed by atoms with E-state index < -0.39 is 0 Å². The van der Waals surface area contributed by atoms with Gasteiger partial charge in [0.2, 0.25) is 0 Å². The van der Waals surface area contributed by atoms with E-state index in [0.29, 0.717) is 10.5 Å². The van der Waals surface area contributed by atoms with Gasteiger partial charge in [-0.3, -0.25) is 0 Å². The average Bonchev–Trinajstić information content (AvgIpc) is 2.43. The number of rotatable bonds is 6. The van der Waals surface area contributed by atoms with E-state index in [-0.39, 0.29) is 0 Å². The maximum Gasteiger partial charge on any atom is 0.0181 e. The van der Waals surface area contributed by atoms with Gasteiger partial charge in [-0.25, -0.2) is 0 Å². The number of hydrogen-bond donors (Lipinski definition) is 0. The summed E-state index contributed by atoms with van der Waals surface area (Å²) in [6.45, 7) is 18.0. The van der Waals surface area contributed by atoms with Gasteiger partial charge < -0.3 is 0 Å². The first kappa shape index (κ1) is 20.8. The molecular weight excluding hydrogens is 360 g/mol. The van der Waals surface area contributed by atoms with Crippen LogP contribution in [0.3, 0.4) is 0 Å². The second-order valence-corrected chi connectivity index (χ2v) is 11.5. The molecule has 0 aromatic heterocycles. The molecule has 0 spiro atoms. The Labute approximate surface area is 167 Å². The molecule has 0 saturated heterocycles. The largest absolute Gasteiger partial charge is 0.123 e. The Balaban J connectivity index is 2.33. The van der Waals surface area contributed by atoms with E-state index in [1.807, 2.05) is 35.3 Å². The summed E-state index contributed by atoms with van der Waals surface area (Å²) in [7, 11) is 0. The van der Waals surface area contributed by atoms with Gasteiger partial charge in [-0.05, 0) is 74.2 Å². The van der Waals surface area contributed by atoms with Crippen molar-refractivity contribution < 1.29 is 0 Å². The lowest BCUT2D eigenvalue weighted by Crippen LogP contribution is -1.94. The quantitative estimate of drug-likeness (QED) is 0.458. The maximum absolute atomic E-state index is 2.34. The molecule has 0 aliphatic carbocycles. The smallest absolute Gasteiger partial charge is 0.0181 e. The van der Waals surface area contributed by atoms with Crippen LogP contribution in [0.1, 0.15) is 49.9 Å². The topological polar surface area (TPSA) is 0 Å². The SMILES string of the molecule is Cc1cc(SC(C)C)cc(C)c1Sc1c(C)cc(SC(C)C)cc1C. The molecule has 0 radical (unpaired) electrons. The van der Waals surface area contributed by atoms with E-state index in [1.165, 1.54) is 41.8 Å². The highest BCUT2D eigenvalue weighted by Gasteiger charge is 2.13. The Bertz CT molecular complexity index is 635. The second kappa shape index (κ2) is 8.92.